The van der Waals surface area contributed by atoms with Crippen LogP contribution in [0.25, 0.3) is 11.2 Å². The normalized spacial score (nSPS) is 10.6. The molecule has 0 fully saturated rings. The first kappa shape index (κ1) is 9.57. The molecule has 0 atom stereocenters. The van der Waals surface area contributed by atoms with E-state index >= 15 is 0 Å². The van der Waals surface area contributed by atoms with Gasteiger partial charge in [0.2, 0.25) is 5.91 Å². The van der Waals surface area contributed by atoms with Crippen molar-refractivity contribution in [1.29, 1.82) is 0 Å². The number of carbonyl (C=O) groups excluding carboxylic acids is 1. The van der Waals surface area contributed by atoms with Crippen molar-refractivity contribution < 1.29 is 4.79 Å². The fraction of sp³-hybridized carbons (Fsp3) is 0.333. The summed E-state index contributed by atoms with van der Waals surface area (Å²) in [6.45, 7) is 3.26. The van der Waals surface area contributed by atoms with E-state index < -0.39 is 0 Å². The molecule has 0 bridgehead atoms. The highest BCUT2D eigenvalue weighted by Gasteiger charge is 2.14. The molecule has 2 aromatic heterocycles. The lowest BCUT2D eigenvalue weighted by Crippen LogP contribution is -2.24. The summed E-state index contributed by atoms with van der Waals surface area (Å²) < 4.78 is 0. The highest BCUT2D eigenvalue weighted by Crippen LogP contribution is 2.19. The molecule has 0 aliphatic carbocycles. The van der Waals surface area contributed by atoms with Gasteiger partial charge in [0.1, 0.15) is 11.3 Å². The molecule has 2 aromatic rings. The van der Waals surface area contributed by atoms with E-state index in [2.05, 4.69) is 19.9 Å². The van der Waals surface area contributed by atoms with Crippen LogP contribution in [0.1, 0.15) is 12.7 Å². The number of aromatic nitrogens is 4. The Hall–Kier alpha value is -1.98. The first-order chi connectivity index (χ1) is 7.09. The van der Waals surface area contributed by atoms with Gasteiger partial charge in [-0.3, -0.25) is 9.69 Å². The zero-order chi connectivity index (χ0) is 11.0. The number of aryl methyl sites for hydroxylation is 1. The zero-order valence-electron chi connectivity index (χ0n) is 8.77. The molecule has 2 rings (SSSR count). The maximum Gasteiger partial charge on any atom is 0.224 e. The van der Waals surface area contributed by atoms with E-state index in [4.69, 9.17) is 0 Å². The molecular weight excluding hydrogens is 194 g/mol. The number of nitrogens with zero attached hydrogens (tertiary/aromatic N) is 4. The third-order valence-electron chi connectivity index (χ3n) is 2.17. The topological polar surface area (TPSA) is 74.8 Å². The van der Waals surface area contributed by atoms with Gasteiger partial charge in [0, 0.05) is 14.0 Å². The van der Waals surface area contributed by atoms with E-state index in [-0.39, 0.29) is 5.91 Å². The van der Waals surface area contributed by atoms with Gasteiger partial charge >= 0.3 is 0 Å². The van der Waals surface area contributed by atoms with Crippen LogP contribution in [0, 0.1) is 6.92 Å². The van der Waals surface area contributed by atoms with Gasteiger partial charge in [-0.1, -0.05) is 0 Å². The first-order valence-electron chi connectivity index (χ1n) is 4.51. The minimum absolute atomic E-state index is 0.0796. The van der Waals surface area contributed by atoms with Crippen LogP contribution in [0.5, 0.6) is 0 Å². The molecule has 0 spiro atoms. The van der Waals surface area contributed by atoms with Gasteiger partial charge in [-0.15, -0.1) is 0 Å². The van der Waals surface area contributed by atoms with Gasteiger partial charge in [0.15, 0.2) is 11.5 Å². The van der Waals surface area contributed by atoms with E-state index in [9.17, 15) is 4.79 Å². The van der Waals surface area contributed by atoms with Crippen LogP contribution in [0.2, 0.25) is 0 Å². The molecule has 0 aliphatic heterocycles. The number of anilines is 1. The Morgan fingerprint density at radius 2 is 2.20 bits per heavy atom. The zero-order valence-corrected chi connectivity index (χ0v) is 8.77. The van der Waals surface area contributed by atoms with Crippen molar-refractivity contribution in [3.8, 4) is 0 Å². The Bertz CT molecular complexity index is 518. The van der Waals surface area contributed by atoms with E-state index in [1.165, 1.54) is 18.2 Å². The SMILES string of the molecule is CC(=O)N(C)c1nc(C)nc2nc[nH]c12. The number of aromatic amines is 1. The smallest absolute Gasteiger partial charge is 0.224 e. The van der Waals surface area contributed by atoms with Crippen molar-refractivity contribution >= 4 is 22.9 Å². The van der Waals surface area contributed by atoms with Crippen LogP contribution >= 0.6 is 0 Å². The molecule has 0 unspecified atom stereocenters. The molecule has 0 saturated carbocycles. The minimum Gasteiger partial charge on any atom is -0.340 e. The fourth-order valence-corrected chi connectivity index (χ4v) is 1.32. The predicted octanol–water partition coefficient (Wildman–Crippen LogP) is 0.644. The van der Waals surface area contributed by atoms with Crippen molar-refractivity contribution in [3.05, 3.63) is 12.2 Å². The molecular formula is C9H11N5O. The number of hydrogen-bond acceptors (Lipinski definition) is 4. The Kier molecular flexibility index (Phi) is 2.11. The lowest BCUT2D eigenvalue weighted by Gasteiger charge is -2.14. The molecule has 78 valence electrons. The van der Waals surface area contributed by atoms with Crippen molar-refractivity contribution in [3.63, 3.8) is 0 Å². The second kappa shape index (κ2) is 3.30. The third kappa shape index (κ3) is 1.54. The second-order valence-corrected chi connectivity index (χ2v) is 3.27. The quantitative estimate of drug-likeness (QED) is 0.741. The molecule has 6 heteroatoms. The number of nitrogens with one attached hydrogen (secondary N) is 1. The number of imidazole rings is 1. The maximum absolute atomic E-state index is 11.3. The molecule has 0 aromatic carbocycles. The average Bonchev–Trinajstić information content (AvgIpc) is 2.62. The van der Waals surface area contributed by atoms with E-state index in [0.717, 1.165) is 0 Å². The summed E-state index contributed by atoms with van der Waals surface area (Å²) in [5.74, 6) is 1.07. The Morgan fingerprint density at radius 3 is 2.87 bits per heavy atom. The molecule has 2 heterocycles. The number of H-pyrrole nitrogens is 1. The predicted molar refractivity (Wildman–Crippen MR) is 55.5 cm³/mol. The first-order valence-corrected chi connectivity index (χ1v) is 4.51. The summed E-state index contributed by atoms with van der Waals surface area (Å²) in [7, 11) is 1.67. The van der Waals surface area contributed by atoms with Crippen LogP contribution in [-0.4, -0.2) is 32.9 Å². The molecule has 0 radical (unpaired) electrons. The van der Waals surface area contributed by atoms with E-state index in [1.807, 2.05) is 0 Å². The van der Waals surface area contributed by atoms with Crippen molar-refractivity contribution in [1.82, 2.24) is 19.9 Å². The van der Waals surface area contributed by atoms with Gasteiger partial charge in [-0.05, 0) is 6.92 Å². The second-order valence-electron chi connectivity index (χ2n) is 3.27. The number of carbonyl (C=O) groups is 1. The molecule has 15 heavy (non-hydrogen) atoms. The Labute approximate surface area is 86.4 Å². The lowest BCUT2D eigenvalue weighted by atomic mass is 10.4. The third-order valence-corrected chi connectivity index (χ3v) is 2.17. The van der Waals surface area contributed by atoms with Gasteiger partial charge in [0.25, 0.3) is 0 Å². The Balaban J connectivity index is 2.67. The van der Waals surface area contributed by atoms with Crippen molar-refractivity contribution in [2.75, 3.05) is 11.9 Å². The molecule has 1 N–H and O–H groups in total. The minimum atomic E-state index is -0.0796. The molecule has 6 nitrogen and oxygen atoms in total. The summed E-state index contributed by atoms with van der Waals surface area (Å²) in [6.07, 6.45) is 1.54. The number of fused-ring (bicyclic) bond motifs is 1. The van der Waals surface area contributed by atoms with Gasteiger partial charge < -0.3 is 4.98 Å². The molecule has 0 aliphatic rings. The highest BCUT2D eigenvalue weighted by molar-refractivity contribution is 5.97. The van der Waals surface area contributed by atoms with Crippen LogP contribution in [0.3, 0.4) is 0 Å². The van der Waals surface area contributed by atoms with Gasteiger partial charge in [-0.25, -0.2) is 15.0 Å². The highest BCUT2D eigenvalue weighted by atomic mass is 16.2. The molecule has 1 amide bonds. The summed E-state index contributed by atoms with van der Waals surface area (Å²) in [5, 5.41) is 0. The fourth-order valence-electron chi connectivity index (χ4n) is 1.32. The number of amides is 1. The molecule has 0 saturated heterocycles. The summed E-state index contributed by atoms with van der Waals surface area (Å²) >= 11 is 0. The van der Waals surface area contributed by atoms with Gasteiger partial charge in [0.05, 0.1) is 6.33 Å². The van der Waals surface area contributed by atoms with E-state index in [0.29, 0.717) is 22.8 Å². The number of hydrogen-bond donors (Lipinski definition) is 1. The van der Waals surface area contributed by atoms with Crippen LogP contribution in [0.4, 0.5) is 5.82 Å². The maximum atomic E-state index is 11.3. The van der Waals surface area contributed by atoms with Crippen molar-refractivity contribution in [2.45, 2.75) is 13.8 Å². The average molecular weight is 205 g/mol. The van der Waals surface area contributed by atoms with Crippen LogP contribution in [0.15, 0.2) is 6.33 Å². The van der Waals surface area contributed by atoms with E-state index in [1.54, 1.807) is 14.0 Å². The van der Waals surface area contributed by atoms with Crippen molar-refractivity contribution in [2.24, 2.45) is 0 Å². The van der Waals surface area contributed by atoms with Gasteiger partial charge in [-0.2, -0.15) is 0 Å². The summed E-state index contributed by atoms with van der Waals surface area (Å²) in [6, 6.07) is 0. The summed E-state index contributed by atoms with van der Waals surface area (Å²) in [5.41, 5.74) is 1.25. The lowest BCUT2D eigenvalue weighted by molar-refractivity contribution is -0.116. The van der Waals surface area contributed by atoms with Crippen LogP contribution < -0.4 is 4.90 Å². The standard InChI is InChI=1S/C9H11N5O/c1-5-12-8-7(10-4-11-8)9(13-5)14(3)6(2)15/h4H,1-3H3,(H,10,11,12,13). The Morgan fingerprint density at radius 1 is 1.47 bits per heavy atom. The summed E-state index contributed by atoms with van der Waals surface area (Å²) in [4.78, 5) is 28.0. The monoisotopic (exact) mass is 205 g/mol. The van der Waals surface area contributed by atoms with Crippen LogP contribution in [-0.2, 0) is 4.79 Å². The largest absolute Gasteiger partial charge is 0.340 e. The number of rotatable bonds is 1.